The fourth-order valence-electron chi connectivity index (χ4n) is 2.55. The van der Waals surface area contributed by atoms with Crippen molar-refractivity contribution >= 4 is 27.6 Å². The Hall–Kier alpha value is -2.20. The minimum atomic E-state index is 0.746. The van der Waals surface area contributed by atoms with Crippen LogP contribution in [0.15, 0.2) is 30.3 Å². The monoisotopic (exact) mass is 266 g/mol. The molecule has 0 saturated heterocycles. The van der Waals surface area contributed by atoms with Crippen molar-refractivity contribution in [3.05, 3.63) is 41.6 Å². The summed E-state index contributed by atoms with van der Waals surface area (Å²) in [4.78, 5) is 9.31. The minimum absolute atomic E-state index is 0.746. The van der Waals surface area contributed by atoms with Gasteiger partial charge in [0.2, 0.25) is 0 Å². The smallest absolute Gasteiger partial charge is 0.143 e. The molecule has 4 nitrogen and oxygen atoms in total. The number of aromatic nitrogens is 2. The summed E-state index contributed by atoms with van der Waals surface area (Å²) in [6, 6.07) is 10.4. The molecule has 0 bridgehead atoms. The molecule has 3 rings (SSSR count). The largest absolute Gasteiger partial charge is 0.308 e. The van der Waals surface area contributed by atoms with Crippen molar-refractivity contribution in [1.29, 1.82) is 0 Å². The highest BCUT2D eigenvalue weighted by Gasteiger charge is 2.09. The van der Waals surface area contributed by atoms with Crippen molar-refractivity contribution in [3.63, 3.8) is 0 Å². The molecule has 0 fully saturated rings. The number of nitrogens with zero attached hydrogens (tertiary/aromatic N) is 2. The van der Waals surface area contributed by atoms with Crippen LogP contribution >= 0.6 is 0 Å². The first-order valence-electron chi connectivity index (χ1n) is 6.89. The Morgan fingerprint density at radius 2 is 1.75 bits per heavy atom. The zero-order chi connectivity index (χ0) is 14.1. The molecule has 102 valence electrons. The van der Waals surface area contributed by atoms with Gasteiger partial charge in [0, 0.05) is 16.5 Å². The quantitative estimate of drug-likeness (QED) is 0.433. The number of fused-ring (bicyclic) bond motifs is 3. The van der Waals surface area contributed by atoms with Crippen LogP contribution in [-0.2, 0) is 6.42 Å². The molecule has 0 aliphatic heterocycles. The normalized spacial score (nSPS) is 11.2. The zero-order valence-electron chi connectivity index (χ0n) is 11.8. The van der Waals surface area contributed by atoms with Crippen molar-refractivity contribution in [2.24, 2.45) is 5.84 Å². The average Bonchev–Trinajstić information content (AvgIpc) is 2.46. The van der Waals surface area contributed by atoms with Gasteiger partial charge >= 0.3 is 0 Å². The molecule has 2 aromatic heterocycles. The Morgan fingerprint density at radius 1 is 1.05 bits per heavy atom. The number of rotatable bonds is 3. The second-order valence-electron chi connectivity index (χ2n) is 5.05. The first-order chi connectivity index (χ1) is 9.72. The van der Waals surface area contributed by atoms with E-state index in [9.17, 15) is 0 Å². The van der Waals surface area contributed by atoms with Gasteiger partial charge in [-0.05, 0) is 31.0 Å². The molecule has 0 aliphatic rings. The van der Waals surface area contributed by atoms with Gasteiger partial charge in [-0.25, -0.2) is 10.8 Å². The van der Waals surface area contributed by atoms with E-state index >= 15 is 0 Å². The van der Waals surface area contributed by atoms with Gasteiger partial charge in [-0.1, -0.05) is 31.5 Å². The second-order valence-corrected chi connectivity index (χ2v) is 5.05. The fraction of sp³-hybridized carbons (Fsp3) is 0.250. The highest BCUT2D eigenvalue weighted by molar-refractivity contribution is 6.03. The number of nitrogens with one attached hydrogen (secondary N) is 1. The lowest BCUT2D eigenvalue weighted by Crippen LogP contribution is -2.11. The zero-order valence-corrected chi connectivity index (χ0v) is 11.8. The third-order valence-corrected chi connectivity index (χ3v) is 3.52. The Kier molecular flexibility index (Phi) is 3.24. The minimum Gasteiger partial charge on any atom is -0.308 e. The number of nitrogen functional groups attached to an aromatic ring is 1. The van der Waals surface area contributed by atoms with Crippen molar-refractivity contribution in [2.75, 3.05) is 5.43 Å². The molecule has 3 aromatic rings. The van der Waals surface area contributed by atoms with Crippen LogP contribution in [0.2, 0.25) is 0 Å². The molecule has 2 heterocycles. The number of pyridine rings is 2. The van der Waals surface area contributed by atoms with E-state index in [2.05, 4.69) is 46.6 Å². The molecule has 0 spiro atoms. The number of anilines is 1. The molecule has 0 amide bonds. The molecule has 20 heavy (non-hydrogen) atoms. The predicted octanol–water partition coefficient (Wildman–Crippen LogP) is 3.33. The Balaban J connectivity index is 2.35. The van der Waals surface area contributed by atoms with Crippen LogP contribution in [0.1, 0.15) is 24.6 Å². The topological polar surface area (TPSA) is 63.8 Å². The first-order valence-corrected chi connectivity index (χ1v) is 6.89. The van der Waals surface area contributed by atoms with E-state index in [0.717, 1.165) is 51.7 Å². The molecule has 0 saturated carbocycles. The lowest BCUT2D eigenvalue weighted by molar-refractivity contribution is 0.917. The van der Waals surface area contributed by atoms with Crippen LogP contribution in [0, 0.1) is 6.92 Å². The van der Waals surface area contributed by atoms with E-state index in [4.69, 9.17) is 5.84 Å². The summed E-state index contributed by atoms with van der Waals surface area (Å²) in [5.74, 6) is 6.36. The standard InChI is InChI=1S/C16H18N4/c1-3-4-13-9-12-8-7-11-6-5-10(2)18-14(11)15(12)19-16(13)20-17/h5-9H,3-4,17H2,1-2H3,(H,19,20). The van der Waals surface area contributed by atoms with Crippen molar-refractivity contribution in [3.8, 4) is 0 Å². The second kappa shape index (κ2) is 5.06. The summed E-state index contributed by atoms with van der Waals surface area (Å²) in [7, 11) is 0. The van der Waals surface area contributed by atoms with Crippen molar-refractivity contribution in [1.82, 2.24) is 9.97 Å². The van der Waals surface area contributed by atoms with Crippen LogP contribution in [-0.4, -0.2) is 9.97 Å². The maximum absolute atomic E-state index is 5.61. The number of hydrogen-bond donors (Lipinski definition) is 2. The van der Waals surface area contributed by atoms with Gasteiger partial charge in [0.15, 0.2) is 0 Å². The maximum Gasteiger partial charge on any atom is 0.143 e. The maximum atomic E-state index is 5.61. The lowest BCUT2D eigenvalue weighted by atomic mass is 10.1. The van der Waals surface area contributed by atoms with Gasteiger partial charge in [-0.3, -0.25) is 4.98 Å². The van der Waals surface area contributed by atoms with Crippen LogP contribution < -0.4 is 11.3 Å². The summed E-state index contributed by atoms with van der Waals surface area (Å²) in [6.45, 7) is 4.14. The highest BCUT2D eigenvalue weighted by Crippen LogP contribution is 2.27. The van der Waals surface area contributed by atoms with Gasteiger partial charge in [-0.2, -0.15) is 0 Å². The molecule has 0 atom stereocenters. The SMILES string of the molecule is CCCc1cc2ccc3ccc(C)nc3c2nc1NN. The lowest BCUT2D eigenvalue weighted by Gasteiger charge is -2.10. The molecular formula is C16H18N4. The molecule has 4 heteroatoms. The number of hydrogen-bond acceptors (Lipinski definition) is 4. The molecular weight excluding hydrogens is 248 g/mol. The van der Waals surface area contributed by atoms with E-state index in [1.807, 2.05) is 13.0 Å². The van der Waals surface area contributed by atoms with Crippen LogP contribution in [0.25, 0.3) is 21.8 Å². The van der Waals surface area contributed by atoms with E-state index in [1.165, 1.54) is 0 Å². The molecule has 1 aromatic carbocycles. The Morgan fingerprint density at radius 3 is 2.50 bits per heavy atom. The number of benzene rings is 1. The summed E-state index contributed by atoms with van der Waals surface area (Å²) >= 11 is 0. The van der Waals surface area contributed by atoms with Gasteiger partial charge in [0.25, 0.3) is 0 Å². The molecule has 0 radical (unpaired) electrons. The highest BCUT2D eigenvalue weighted by atomic mass is 15.2. The van der Waals surface area contributed by atoms with Crippen LogP contribution in [0.4, 0.5) is 5.82 Å². The van der Waals surface area contributed by atoms with Gasteiger partial charge in [0.05, 0.1) is 11.0 Å². The van der Waals surface area contributed by atoms with Gasteiger partial charge < -0.3 is 5.43 Å². The van der Waals surface area contributed by atoms with Crippen molar-refractivity contribution in [2.45, 2.75) is 26.7 Å². The van der Waals surface area contributed by atoms with Crippen molar-refractivity contribution < 1.29 is 0 Å². The Labute approximate surface area is 118 Å². The molecule has 3 N–H and O–H groups in total. The first kappa shape index (κ1) is 12.8. The van der Waals surface area contributed by atoms with E-state index in [1.54, 1.807) is 0 Å². The average molecular weight is 266 g/mol. The molecule has 0 unspecified atom stereocenters. The summed E-state index contributed by atoms with van der Waals surface area (Å²) in [5, 5.41) is 2.21. The number of aryl methyl sites for hydroxylation is 2. The summed E-state index contributed by atoms with van der Waals surface area (Å²) in [5.41, 5.74) is 6.69. The summed E-state index contributed by atoms with van der Waals surface area (Å²) < 4.78 is 0. The third kappa shape index (κ3) is 2.08. The van der Waals surface area contributed by atoms with Gasteiger partial charge in [-0.15, -0.1) is 0 Å². The molecule has 0 aliphatic carbocycles. The van der Waals surface area contributed by atoms with Crippen LogP contribution in [0.3, 0.4) is 0 Å². The number of nitrogens with two attached hydrogens (primary N) is 1. The Bertz CT molecular complexity index is 780. The van der Waals surface area contributed by atoms with E-state index in [0.29, 0.717) is 0 Å². The van der Waals surface area contributed by atoms with E-state index < -0.39 is 0 Å². The van der Waals surface area contributed by atoms with Crippen LogP contribution in [0.5, 0.6) is 0 Å². The fourth-order valence-corrected chi connectivity index (χ4v) is 2.55. The summed E-state index contributed by atoms with van der Waals surface area (Å²) in [6.07, 6.45) is 2.02. The third-order valence-electron chi connectivity index (χ3n) is 3.52. The predicted molar refractivity (Wildman–Crippen MR) is 83.6 cm³/mol. The van der Waals surface area contributed by atoms with Gasteiger partial charge in [0.1, 0.15) is 5.82 Å². The number of hydrazine groups is 1. The van der Waals surface area contributed by atoms with E-state index in [-0.39, 0.29) is 0 Å².